The zero-order valence-corrected chi connectivity index (χ0v) is 14.5. The van der Waals surface area contributed by atoms with E-state index in [2.05, 4.69) is 0 Å². The minimum atomic E-state index is -0.858. The van der Waals surface area contributed by atoms with Gasteiger partial charge in [-0.1, -0.05) is 48.5 Å². The molecule has 1 N–H and O–H groups in total. The lowest BCUT2D eigenvalue weighted by Gasteiger charge is -2.14. The van der Waals surface area contributed by atoms with Crippen molar-refractivity contribution in [2.75, 3.05) is 7.11 Å². The summed E-state index contributed by atoms with van der Waals surface area (Å²) in [4.78, 5) is 11.0. The van der Waals surface area contributed by atoms with E-state index in [-0.39, 0.29) is 6.42 Å². The van der Waals surface area contributed by atoms with E-state index in [9.17, 15) is 4.79 Å². The molecule has 132 valence electrons. The third-order valence-electron chi connectivity index (χ3n) is 4.04. The summed E-state index contributed by atoms with van der Waals surface area (Å²) in [6, 6.07) is 23.0. The molecule has 0 aliphatic rings. The normalized spacial score (nSPS) is 10.3. The Morgan fingerprint density at radius 2 is 1.65 bits per heavy atom. The summed E-state index contributed by atoms with van der Waals surface area (Å²) in [5.41, 5.74) is 3.61. The van der Waals surface area contributed by atoms with Crippen molar-refractivity contribution >= 4 is 5.97 Å². The van der Waals surface area contributed by atoms with Crippen LogP contribution in [0.4, 0.5) is 0 Å². The molecule has 3 aromatic carbocycles. The van der Waals surface area contributed by atoms with Crippen molar-refractivity contribution in [1.29, 1.82) is 0 Å². The first kappa shape index (κ1) is 17.5. The van der Waals surface area contributed by atoms with Crippen LogP contribution in [0.25, 0.3) is 11.1 Å². The van der Waals surface area contributed by atoms with Crippen LogP contribution in [0.5, 0.6) is 11.5 Å². The number of hydrogen-bond donors (Lipinski definition) is 1. The van der Waals surface area contributed by atoms with Crippen molar-refractivity contribution in [2.45, 2.75) is 13.0 Å². The number of carbonyl (C=O) groups is 1. The van der Waals surface area contributed by atoms with Crippen LogP contribution in [0, 0.1) is 0 Å². The number of ether oxygens (including phenoxy) is 2. The van der Waals surface area contributed by atoms with Crippen molar-refractivity contribution < 1.29 is 19.4 Å². The summed E-state index contributed by atoms with van der Waals surface area (Å²) in [6.45, 7) is 0.447. The fourth-order valence-corrected chi connectivity index (χ4v) is 2.72. The van der Waals surface area contributed by atoms with Gasteiger partial charge in [-0.25, -0.2) is 0 Å². The van der Waals surface area contributed by atoms with E-state index >= 15 is 0 Å². The van der Waals surface area contributed by atoms with Crippen LogP contribution in [0.1, 0.15) is 11.1 Å². The third kappa shape index (κ3) is 4.42. The highest BCUT2D eigenvalue weighted by molar-refractivity contribution is 5.75. The molecular formula is C22H20O4. The monoisotopic (exact) mass is 348 g/mol. The zero-order valence-electron chi connectivity index (χ0n) is 14.5. The average molecular weight is 348 g/mol. The molecule has 0 aliphatic carbocycles. The van der Waals surface area contributed by atoms with Gasteiger partial charge in [-0.3, -0.25) is 4.79 Å². The van der Waals surface area contributed by atoms with E-state index in [0.29, 0.717) is 12.4 Å². The van der Waals surface area contributed by atoms with Gasteiger partial charge in [-0.2, -0.15) is 0 Å². The molecule has 4 heteroatoms. The number of carboxylic acids is 1. The topological polar surface area (TPSA) is 55.8 Å². The van der Waals surface area contributed by atoms with Gasteiger partial charge in [0.15, 0.2) is 0 Å². The minimum Gasteiger partial charge on any atom is -0.497 e. The van der Waals surface area contributed by atoms with Gasteiger partial charge in [-0.15, -0.1) is 0 Å². The predicted octanol–water partition coefficient (Wildman–Crippen LogP) is 4.57. The van der Waals surface area contributed by atoms with Crippen LogP contribution in [0.15, 0.2) is 72.8 Å². The second kappa shape index (κ2) is 8.21. The highest BCUT2D eigenvalue weighted by atomic mass is 16.5. The van der Waals surface area contributed by atoms with Gasteiger partial charge in [-0.05, 0) is 41.0 Å². The lowest BCUT2D eigenvalue weighted by atomic mass is 10.0. The number of rotatable bonds is 7. The summed E-state index contributed by atoms with van der Waals surface area (Å²) in [6.07, 6.45) is -0.0257. The predicted molar refractivity (Wildman–Crippen MR) is 101 cm³/mol. The Balaban J connectivity index is 1.92. The highest BCUT2D eigenvalue weighted by Gasteiger charge is 2.10. The second-order valence-electron chi connectivity index (χ2n) is 5.90. The summed E-state index contributed by atoms with van der Waals surface area (Å²) in [7, 11) is 1.62. The maximum Gasteiger partial charge on any atom is 0.307 e. The summed E-state index contributed by atoms with van der Waals surface area (Å²) >= 11 is 0. The molecule has 0 atom stereocenters. The van der Waals surface area contributed by atoms with Crippen LogP contribution in [0.2, 0.25) is 0 Å². The molecule has 4 nitrogen and oxygen atoms in total. The third-order valence-corrected chi connectivity index (χ3v) is 4.04. The molecule has 0 amide bonds. The van der Waals surface area contributed by atoms with E-state index < -0.39 is 5.97 Å². The number of benzene rings is 3. The molecule has 0 unspecified atom stereocenters. The molecule has 0 radical (unpaired) electrons. The first-order valence-electron chi connectivity index (χ1n) is 8.31. The summed E-state index contributed by atoms with van der Waals surface area (Å²) in [5, 5.41) is 9.07. The molecule has 0 heterocycles. The molecule has 3 rings (SSSR count). The van der Waals surface area contributed by atoms with Gasteiger partial charge in [0, 0.05) is 5.56 Å². The molecule has 0 saturated carbocycles. The molecule has 0 aliphatic heterocycles. The first-order valence-corrected chi connectivity index (χ1v) is 8.31. The molecule has 0 spiro atoms. The van der Waals surface area contributed by atoms with Crippen molar-refractivity contribution in [3.63, 3.8) is 0 Å². The minimum absolute atomic E-state index is 0.0257. The molecule has 0 bridgehead atoms. The van der Waals surface area contributed by atoms with E-state index in [4.69, 9.17) is 14.6 Å². The van der Waals surface area contributed by atoms with Crippen LogP contribution in [0.3, 0.4) is 0 Å². The maximum atomic E-state index is 11.0. The fourth-order valence-electron chi connectivity index (χ4n) is 2.72. The second-order valence-corrected chi connectivity index (χ2v) is 5.90. The van der Waals surface area contributed by atoms with Crippen molar-refractivity contribution in [1.82, 2.24) is 0 Å². The Bertz CT molecular complexity index is 870. The van der Waals surface area contributed by atoms with Crippen molar-refractivity contribution in [2.24, 2.45) is 0 Å². The summed E-state index contributed by atoms with van der Waals surface area (Å²) < 4.78 is 11.2. The molecular weight excluding hydrogens is 328 g/mol. The van der Waals surface area contributed by atoms with E-state index in [0.717, 1.165) is 28.0 Å². The number of carboxylic acid groups (broad SMARTS) is 1. The lowest BCUT2D eigenvalue weighted by Crippen LogP contribution is -2.02. The highest BCUT2D eigenvalue weighted by Crippen LogP contribution is 2.33. The number of methoxy groups -OCH3 is 1. The number of aliphatic carboxylic acids is 1. The standard InChI is InChI=1S/C22H20O4/c1-25-19-10-8-18(9-11-19)20-13-17(14-22(23)24)7-12-21(20)26-15-16-5-3-2-4-6-16/h2-13H,14-15H2,1H3,(H,23,24). The van der Waals surface area contributed by atoms with Crippen LogP contribution in [-0.4, -0.2) is 18.2 Å². The Kier molecular flexibility index (Phi) is 5.54. The zero-order chi connectivity index (χ0) is 18.4. The lowest BCUT2D eigenvalue weighted by molar-refractivity contribution is -0.136. The van der Waals surface area contributed by atoms with Gasteiger partial charge in [0.25, 0.3) is 0 Å². The molecule has 0 aromatic heterocycles. The SMILES string of the molecule is COc1ccc(-c2cc(CC(=O)O)ccc2OCc2ccccc2)cc1. The van der Waals surface area contributed by atoms with Gasteiger partial charge in [0.2, 0.25) is 0 Å². The Labute approximate surface area is 152 Å². The average Bonchev–Trinajstić information content (AvgIpc) is 2.67. The smallest absolute Gasteiger partial charge is 0.307 e. The fraction of sp³-hybridized carbons (Fsp3) is 0.136. The molecule has 3 aromatic rings. The van der Waals surface area contributed by atoms with Crippen molar-refractivity contribution in [3.8, 4) is 22.6 Å². The molecule has 0 saturated heterocycles. The maximum absolute atomic E-state index is 11.0. The van der Waals surface area contributed by atoms with Crippen molar-refractivity contribution in [3.05, 3.63) is 83.9 Å². The van der Waals surface area contributed by atoms with Crippen LogP contribution < -0.4 is 9.47 Å². The van der Waals surface area contributed by atoms with Crippen LogP contribution in [-0.2, 0) is 17.8 Å². The Hall–Kier alpha value is -3.27. The van der Waals surface area contributed by atoms with Gasteiger partial charge in [0.05, 0.1) is 13.5 Å². The number of hydrogen-bond acceptors (Lipinski definition) is 3. The Morgan fingerprint density at radius 3 is 2.31 bits per heavy atom. The van der Waals surface area contributed by atoms with Gasteiger partial charge >= 0.3 is 5.97 Å². The van der Waals surface area contributed by atoms with Crippen LogP contribution >= 0.6 is 0 Å². The molecule has 26 heavy (non-hydrogen) atoms. The first-order chi connectivity index (χ1) is 12.7. The molecule has 0 fully saturated rings. The van der Waals surface area contributed by atoms with Gasteiger partial charge < -0.3 is 14.6 Å². The van der Waals surface area contributed by atoms with Gasteiger partial charge in [0.1, 0.15) is 18.1 Å². The largest absolute Gasteiger partial charge is 0.497 e. The quantitative estimate of drug-likeness (QED) is 0.680. The van der Waals surface area contributed by atoms with E-state index in [1.807, 2.05) is 66.7 Å². The Morgan fingerprint density at radius 1 is 0.923 bits per heavy atom. The van der Waals surface area contributed by atoms with E-state index in [1.165, 1.54) is 0 Å². The van der Waals surface area contributed by atoms with E-state index in [1.54, 1.807) is 13.2 Å². The summed E-state index contributed by atoms with van der Waals surface area (Å²) in [5.74, 6) is 0.624.